The molecule has 0 saturated carbocycles. The number of nitrogens with zero attached hydrogens (tertiary/aromatic N) is 2. The minimum Gasteiger partial charge on any atom is -0.481 e. The molecular weight excluding hydrogens is 318 g/mol. The van der Waals surface area contributed by atoms with E-state index in [1.54, 1.807) is 25.4 Å². The van der Waals surface area contributed by atoms with Gasteiger partial charge in [0.1, 0.15) is 0 Å². The maximum atomic E-state index is 12.2. The second-order valence-corrected chi connectivity index (χ2v) is 6.98. The molecule has 0 spiro atoms. The second-order valence-electron chi connectivity index (χ2n) is 6.98. The molecule has 25 heavy (non-hydrogen) atoms. The maximum Gasteiger partial charge on any atom is 0.251 e. The van der Waals surface area contributed by atoms with Crippen LogP contribution in [0.4, 0.5) is 0 Å². The Balaban J connectivity index is 1.42. The molecule has 1 aromatic heterocycles. The molecule has 3 rings (SSSR count). The van der Waals surface area contributed by atoms with Gasteiger partial charge in [0.2, 0.25) is 5.88 Å². The van der Waals surface area contributed by atoms with Crippen LogP contribution >= 0.6 is 0 Å². The summed E-state index contributed by atoms with van der Waals surface area (Å²) in [5.41, 5.74) is 0.597. The van der Waals surface area contributed by atoms with Crippen LogP contribution in [-0.4, -0.2) is 61.8 Å². The fraction of sp³-hybridized carbons (Fsp3) is 0.684. The van der Waals surface area contributed by atoms with Gasteiger partial charge >= 0.3 is 0 Å². The minimum atomic E-state index is -0.0576. The Kier molecular flexibility index (Phi) is 6.64. The largest absolute Gasteiger partial charge is 0.481 e. The maximum absolute atomic E-state index is 12.2. The fourth-order valence-electron chi connectivity index (χ4n) is 3.87. The fourth-order valence-corrected chi connectivity index (χ4v) is 3.87. The molecule has 0 aromatic carbocycles. The summed E-state index contributed by atoms with van der Waals surface area (Å²) in [5.74, 6) is 1.08. The molecule has 2 fully saturated rings. The molecule has 0 radical (unpaired) electrons. The van der Waals surface area contributed by atoms with Gasteiger partial charge in [-0.05, 0) is 50.6 Å². The highest BCUT2D eigenvalue weighted by Gasteiger charge is 2.27. The lowest BCUT2D eigenvalue weighted by atomic mass is 9.92. The van der Waals surface area contributed by atoms with Crippen LogP contribution in [0.3, 0.4) is 0 Å². The third-order valence-corrected chi connectivity index (χ3v) is 5.30. The number of carbonyl (C=O) groups excluding carboxylic acids is 1. The highest BCUT2D eigenvalue weighted by molar-refractivity contribution is 5.94. The molecule has 6 heteroatoms. The van der Waals surface area contributed by atoms with E-state index >= 15 is 0 Å². The van der Waals surface area contributed by atoms with Crippen molar-refractivity contribution in [3.05, 3.63) is 23.9 Å². The number of piperidine rings is 1. The molecule has 1 amide bonds. The first-order chi connectivity index (χ1) is 12.3. The molecule has 0 aliphatic carbocycles. The van der Waals surface area contributed by atoms with Crippen LogP contribution in [0.5, 0.6) is 5.88 Å². The summed E-state index contributed by atoms with van der Waals surface area (Å²) in [4.78, 5) is 18.9. The van der Waals surface area contributed by atoms with Gasteiger partial charge in [0.25, 0.3) is 5.91 Å². The van der Waals surface area contributed by atoms with Crippen LogP contribution in [-0.2, 0) is 4.74 Å². The number of likely N-dealkylation sites (tertiary alicyclic amines) is 1. The van der Waals surface area contributed by atoms with Crippen LogP contribution in [0.25, 0.3) is 0 Å². The van der Waals surface area contributed by atoms with Crippen molar-refractivity contribution in [1.82, 2.24) is 15.2 Å². The average Bonchev–Trinajstić information content (AvgIpc) is 2.69. The van der Waals surface area contributed by atoms with Crippen molar-refractivity contribution in [2.24, 2.45) is 5.92 Å². The zero-order valence-corrected chi connectivity index (χ0v) is 15.1. The van der Waals surface area contributed by atoms with Gasteiger partial charge in [-0.3, -0.25) is 9.69 Å². The van der Waals surface area contributed by atoms with E-state index in [0.29, 0.717) is 23.4 Å². The first-order valence-electron chi connectivity index (χ1n) is 9.36. The molecule has 1 N–H and O–H groups in total. The molecule has 138 valence electrons. The number of pyridine rings is 1. The SMILES string of the molecule is COc1cc(C(=O)NCC[C@@H]2CCCN(C3CCOCC3)C2)ccn1. The Labute approximate surface area is 149 Å². The first-order valence-corrected chi connectivity index (χ1v) is 9.36. The highest BCUT2D eigenvalue weighted by Crippen LogP contribution is 2.24. The van der Waals surface area contributed by atoms with Crippen molar-refractivity contribution < 1.29 is 14.3 Å². The number of carbonyl (C=O) groups is 1. The Morgan fingerprint density at radius 2 is 2.24 bits per heavy atom. The quantitative estimate of drug-likeness (QED) is 0.854. The number of hydrogen-bond donors (Lipinski definition) is 1. The molecule has 1 atom stereocenters. The third-order valence-electron chi connectivity index (χ3n) is 5.30. The standard InChI is InChI=1S/C19H29N3O3/c1-24-18-13-16(5-9-20-18)19(23)21-8-4-15-3-2-10-22(14-15)17-6-11-25-12-7-17/h5,9,13,15,17H,2-4,6-8,10-12,14H2,1H3,(H,21,23)/t15-/m0/s1. The molecule has 0 unspecified atom stereocenters. The van der Waals surface area contributed by atoms with Crippen LogP contribution in [0, 0.1) is 5.92 Å². The van der Waals surface area contributed by atoms with Crippen LogP contribution in [0.1, 0.15) is 42.5 Å². The molecule has 2 saturated heterocycles. The van der Waals surface area contributed by atoms with E-state index in [9.17, 15) is 4.79 Å². The van der Waals surface area contributed by atoms with Crippen molar-refractivity contribution in [3.8, 4) is 5.88 Å². The van der Waals surface area contributed by atoms with E-state index in [4.69, 9.17) is 9.47 Å². The Morgan fingerprint density at radius 1 is 1.40 bits per heavy atom. The van der Waals surface area contributed by atoms with Gasteiger partial charge in [0.15, 0.2) is 0 Å². The average molecular weight is 347 g/mol. The number of aromatic nitrogens is 1. The summed E-state index contributed by atoms with van der Waals surface area (Å²) in [7, 11) is 1.55. The smallest absolute Gasteiger partial charge is 0.251 e. The lowest BCUT2D eigenvalue weighted by Crippen LogP contribution is -2.45. The summed E-state index contributed by atoms with van der Waals surface area (Å²) in [6.45, 7) is 4.89. The Morgan fingerprint density at radius 3 is 3.04 bits per heavy atom. The van der Waals surface area contributed by atoms with Gasteiger partial charge in [-0.15, -0.1) is 0 Å². The lowest BCUT2D eigenvalue weighted by molar-refractivity contribution is 0.0170. The van der Waals surface area contributed by atoms with Crippen LogP contribution in [0.2, 0.25) is 0 Å². The molecular formula is C19H29N3O3. The van der Waals surface area contributed by atoms with Gasteiger partial charge in [-0.25, -0.2) is 4.98 Å². The molecule has 3 heterocycles. The number of nitrogens with one attached hydrogen (secondary N) is 1. The number of hydrogen-bond acceptors (Lipinski definition) is 5. The van der Waals surface area contributed by atoms with Crippen molar-refractivity contribution in [3.63, 3.8) is 0 Å². The number of amides is 1. The summed E-state index contributed by atoms with van der Waals surface area (Å²) < 4.78 is 10.5. The van der Waals surface area contributed by atoms with Crippen molar-refractivity contribution in [2.45, 2.75) is 38.1 Å². The summed E-state index contributed by atoms with van der Waals surface area (Å²) in [6, 6.07) is 4.07. The summed E-state index contributed by atoms with van der Waals surface area (Å²) in [6.07, 6.45) is 7.48. The number of ether oxygens (including phenoxy) is 2. The van der Waals surface area contributed by atoms with E-state index in [1.165, 1.54) is 19.4 Å². The monoisotopic (exact) mass is 347 g/mol. The van der Waals surface area contributed by atoms with Gasteiger partial charge in [-0.1, -0.05) is 0 Å². The van der Waals surface area contributed by atoms with Gasteiger partial charge in [-0.2, -0.15) is 0 Å². The van der Waals surface area contributed by atoms with Crippen molar-refractivity contribution >= 4 is 5.91 Å². The number of rotatable bonds is 6. The zero-order valence-electron chi connectivity index (χ0n) is 15.1. The molecule has 2 aliphatic rings. The van der Waals surface area contributed by atoms with Crippen LogP contribution in [0.15, 0.2) is 18.3 Å². The topological polar surface area (TPSA) is 63.7 Å². The lowest BCUT2D eigenvalue weighted by Gasteiger charge is -2.40. The van der Waals surface area contributed by atoms with E-state index in [-0.39, 0.29) is 5.91 Å². The van der Waals surface area contributed by atoms with Gasteiger partial charge in [0.05, 0.1) is 7.11 Å². The zero-order chi connectivity index (χ0) is 17.5. The Bertz CT molecular complexity index is 561. The highest BCUT2D eigenvalue weighted by atomic mass is 16.5. The van der Waals surface area contributed by atoms with Gasteiger partial charge in [0, 0.05) is 50.2 Å². The molecule has 2 aliphatic heterocycles. The first kappa shape index (κ1) is 18.1. The van der Waals surface area contributed by atoms with E-state index in [1.807, 2.05) is 0 Å². The van der Waals surface area contributed by atoms with Crippen molar-refractivity contribution in [1.29, 1.82) is 0 Å². The van der Waals surface area contributed by atoms with Crippen LogP contribution < -0.4 is 10.1 Å². The van der Waals surface area contributed by atoms with E-state index in [0.717, 1.165) is 45.6 Å². The van der Waals surface area contributed by atoms with E-state index in [2.05, 4.69) is 15.2 Å². The number of methoxy groups -OCH3 is 1. The predicted molar refractivity (Wildman–Crippen MR) is 95.9 cm³/mol. The molecule has 1 aromatic rings. The second kappa shape index (κ2) is 9.15. The summed E-state index contributed by atoms with van der Waals surface area (Å²) >= 11 is 0. The summed E-state index contributed by atoms with van der Waals surface area (Å²) in [5, 5.41) is 3.03. The third kappa shape index (κ3) is 5.16. The van der Waals surface area contributed by atoms with Crippen molar-refractivity contribution in [2.75, 3.05) is 40.0 Å². The van der Waals surface area contributed by atoms with Gasteiger partial charge < -0.3 is 14.8 Å². The molecule has 6 nitrogen and oxygen atoms in total. The predicted octanol–water partition coefficient (Wildman–Crippen LogP) is 2.10. The minimum absolute atomic E-state index is 0.0576. The Hall–Kier alpha value is -1.66. The normalized spacial score (nSPS) is 22.5. The van der Waals surface area contributed by atoms with E-state index < -0.39 is 0 Å². The molecule has 0 bridgehead atoms.